The minimum absolute atomic E-state index is 0.126. The summed E-state index contributed by atoms with van der Waals surface area (Å²) < 4.78 is 18.6. The Balaban J connectivity index is 1.52. The molecule has 0 bridgehead atoms. The second-order valence-corrected chi connectivity index (χ2v) is 9.09. The number of benzene rings is 2. The first-order valence-corrected chi connectivity index (χ1v) is 11.5. The number of nitrogens with zero attached hydrogens (tertiary/aromatic N) is 4. The lowest BCUT2D eigenvalue weighted by Crippen LogP contribution is -2.21. The van der Waals surface area contributed by atoms with E-state index in [-0.39, 0.29) is 11.4 Å². The van der Waals surface area contributed by atoms with E-state index in [0.29, 0.717) is 52.1 Å². The lowest BCUT2D eigenvalue weighted by atomic mass is 9.92. The number of urea groups is 1. The van der Waals surface area contributed by atoms with Crippen LogP contribution in [0.1, 0.15) is 33.4 Å². The fourth-order valence-electron chi connectivity index (χ4n) is 3.59. The number of aromatic nitrogens is 4. The number of aryl methyl sites for hydroxylation is 1. The molecule has 2 heterocycles. The van der Waals surface area contributed by atoms with Gasteiger partial charge in [-0.3, -0.25) is 5.32 Å². The van der Waals surface area contributed by atoms with Gasteiger partial charge in [0.15, 0.2) is 11.5 Å². The van der Waals surface area contributed by atoms with Crippen molar-refractivity contribution in [1.82, 2.24) is 19.7 Å². The molecule has 0 aliphatic carbocycles. The lowest BCUT2D eigenvalue weighted by Gasteiger charge is -2.13. The monoisotopic (exact) mass is 490 g/mol. The number of carbonyl (C=O) groups excluding carboxylic acids is 1. The molecule has 0 saturated carbocycles. The molecular weight excluding hydrogens is 460 g/mol. The van der Waals surface area contributed by atoms with E-state index in [9.17, 15) is 4.79 Å². The molecule has 36 heavy (non-hydrogen) atoms. The molecule has 4 aromatic rings. The van der Waals surface area contributed by atoms with Crippen molar-refractivity contribution >= 4 is 28.4 Å². The summed E-state index contributed by atoms with van der Waals surface area (Å²) in [4.78, 5) is 21.3. The van der Waals surface area contributed by atoms with Gasteiger partial charge in [0.1, 0.15) is 17.9 Å². The van der Waals surface area contributed by atoms with Crippen molar-refractivity contribution in [3.8, 4) is 23.1 Å². The van der Waals surface area contributed by atoms with Crippen molar-refractivity contribution in [2.24, 2.45) is 0 Å². The molecule has 2 amide bonds. The molecule has 4 rings (SSSR count). The predicted molar refractivity (Wildman–Crippen MR) is 138 cm³/mol. The minimum Gasteiger partial charge on any atom is -0.493 e. The molecule has 0 fully saturated rings. The standard InChI is InChI=1S/C26H30N6O4/c1-7-32-23(14-22(31-32)26(2,3)4)30-25(33)29-16-9-8-10-17(11-16)36-24-18-12-20(34-5)21(35-6)13-19(18)27-15-28-24/h8-15H,7H2,1-6H3,(H2,29,30,33). The smallest absolute Gasteiger partial charge is 0.324 e. The molecular formula is C26H30N6O4. The fraction of sp³-hybridized carbons (Fsp3) is 0.308. The van der Waals surface area contributed by atoms with E-state index in [4.69, 9.17) is 14.2 Å². The zero-order valence-corrected chi connectivity index (χ0v) is 21.2. The summed E-state index contributed by atoms with van der Waals surface area (Å²) in [6.45, 7) is 8.86. The summed E-state index contributed by atoms with van der Waals surface area (Å²) in [5, 5.41) is 11.0. The van der Waals surface area contributed by atoms with Crippen molar-refractivity contribution < 1.29 is 19.0 Å². The molecule has 0 atom stereocenters. The van der Waals surface area contributed by atoms with Crippen LogP contribution in [0.2, 0.25) is 0 Å². The van der Waals surface area contributed by atoms with Crippen LogP contribution in [0, 0.1) is 0 Å². The lowest BCUT2D eigenvalue weighted by molar-refractivity contribution is 0.262. The summed E-state index contributed by atoms with van der Waals surface area (Å²) in [6, 6.07) is 12.1. The number of rotatable bonds is 7. The molecule has 10 nitrogen and oxygen atoms in total. The zero-order valence-electron chi connectivity index (χ0n) is 21.2. The van der Waals surface area contributed by atoms with Gasteiger partial charge in [0.25, 0.3) is 0 Å². The third-order valence-corrected chi connectivity index (χ3v) is 5.50. The van der Waals surface area contributed by atoms with Crippen LogP contribution in [0.4, 0.5) is 16.3 Å². The topological polar surface area (TPSA) is 112 Å². The highest BCUT2D eigenvalue weighted by Crippen LogP contribution is 2.36. The van der Waals surface area contributed by atoms with Crippen LogP contribution in [0.15, 0.2) is 48.8 Å². The quantitative estimate of drug-likeness (QED) is 0.347. The van der Waals surface area contributed by atoms with E-state index >= 15 is 0 Å². The van der Waals surface area contributed by atoms with Crippen molar-refractivity contribution in [1.29, 1.82) is 0 Å². The Morgan fingerprint density at radius 3 is 2.44 bits per heavy atom. The Bertz CT molecular complexity index is 1390. The third kappa shape index (κ3) is 5.32. The normalized spacial score (nSPS) is 11.3. The van der Waals surface area contributed by atoms with E-state index in [1.54, 1.807) is 55.3 Å². The van der Waals surface area contributed by atoms with Gasteiger partial charge in [-0.05, 0) is 25.1 Å². The number of hydrogen-bond donors (Lipinski definition) is 2. The van der Waals surface area contributed by atoms with E-state index in [1.807, 2.05) is 13.0 Å². The highest BCUT2D eigenvalue weighted by molar-refractivity contribution is 5.99. The summed E-state index contributed by atoms with van der Waals surface area (Å²) in [6.07, 6.45) is 1.42. The van der Waals surface area contributed by atoms with Gasteiger partial charge < -0.3 is 19.5 Å². The van der Waals surface area contributed by atoms with Crippen molar-refractivity contribution in [3.63, 3.8) is 0 Å². The van der Waals surface area contributed by atoms with Crippen molar-refractivity contribution in [2.45, 2.75) is 39.7 Å². The Kier molecular flexibility index (Phi) is 6.96. The van der Waals surface area contributed by atoms with Crippen molar-refractivity contribution in [2.75, 3.05) is 24.9 Å². The van der Waals surface area contributed by atoms with Gasteiger partial charge in [-0.15, -0.1) is 0 Å². The van der Waals surface area contributed by atoms with Crippen LogP contribution >= 0.6 is 0 Å². The number of methoxy groups -OCH3 is 2. The van der Waals surface area contributed by atoms with E-state index < -0.39 is 0 Å². The number of ether oxygens (including phenoxy) is 3. The molecule has 0 unspecified atom stereocenters. The number of anilines is 2. The summed E-state index contributed by atoms with van der Waals surface area (Å²) >= 11 is 0. The van der Waals surface area contributed by atoms with Crippen LogP contribution in [-0.2, 0) is 12.0 Å². The molecule has 2 N–H and O–H groups in total. The van der Waals surface area contributed by atoms with Crippen LogP contribution in [0.5, 0.6) is 23.1 Å². The zero-order chi connectivity index (χ0) is 25.9. The van der Waals surface area contributed by atoms with Gasteiger partial charge in [0, 0.05) is 35.8 Å². The molecule has 0 saturated heterocycles. The third-order valence-electron chi connectivity index (χ3n) is 5.50. The molecule has 2 aromatic heterocycles. The van der Waals surface area contributed by atoms with Crippen LogP contribution in [-0.4, -0.2) is 40.0 Å². The van der Waals surface area contributed by atoms with Crippen LogP contribution in [0.3, 0.4) is 0 Å². The summed E-state index contributed by atoms with van der Waals surface area (Å²) in [5.41, 5.74) is 1.98. The number of nitrogens with one attached hydrogen (secondary N) is 2. The predicted octanol–water partition coefficient (Wildman–Crippen LogP) is 5.60. The Hall–Kier alpha value is -4.34. The molecule has 188 valence electrons. The fourth-order valence-corrected chi connectivity index (χ4v) is 3.59. The highest BCUT2D eigenvalue weighted by Gasteiger charge is 2.20. The largest absolute Gasteiger partial charge is 0.493 e. The molecule has 2 aromatic carbocycles. The van der Waals surface area contributed by atoms with Crippen molar-refractivity contribution in [3.05, 3.63) is 54.5 Å². The van der Waals surface area contributed by atoms with Gasteiger partial charge in [-0.2, -0.15) is 5.10 Å². The second kappa shape index (κ2) is 10.1. The first kappa shape index (κ1) is 24.8. The molecule has 0 aliphatic rings. The van der Waals surface area contributed by atoms with E-state index in [1.165, 1.54) is 6.33 Å². The first-order valence-electron chi connectivity index (χ1n) is 11.5. The van der Waals surface area contributed by atoms with Gasteiger partial charge in [-0.1, -0.05) is 26.8 Å². The number of hydrogen-bond acceptors (Lipinski definition) is 7. The molecule has 10 heteroatoms. The second-order valence-electron chi connectivity index (χ2n) is 9.09. The average Bonchev–Trinajstić information content (AvgIpc) is 3.26. The number of carbonyl (C=O) groups is 1. The Labute approximate surface area is 209 Å². The molecule has 0 spiro atoms. The number of amides is 2. The SMILES string of the molecule is CCn1nc(C(C)(C)C)cc1NC(=O)Nc1cccc(Oc2ncnc3cc(OC)c(OC)cc23)c1. The maximum atomic E-state index is 12.7. The highest BCUT2D eigenvalue weighted by atomic mass is 16.5. The maximum absolute atomic E-state index is 12.7. The summed E-state index contributed by atoms with van der Waals surface area (Å²) in [5.74, 6) is 2.58. The van der Waals surface area contributed by atoms with Gasteiger partial charge in [-0.25, -0.2) is 19.4 Å². The molecule has 0 radical (unpaired) electrons. The van der Waals surface area contributed by atoms with Crippen LogP contribution in [0.25, 0.3) is 10.9 Å². The van der Waals surface area contributed by atoms with Gasteiger partial charge in [0.05, 0.1) is 30.8 Å². The minimum atomic E-state index is -0.383. The Morgan fingerprint density at radius 1 is 1.00 bits per heavy atom. The summed E-state index contributed by atoms with van der Waals surface area (Å²) in [7, 11) is 3.13. The van der Waals surface area contributed by atoms with Crippen LogP contribution < -0.4 is 24.8 Å². The Morgan fingerprint density at radius 2 is 1.75 bits per heavy atom. The van der Waals surface area contributed by atoms with Gasteiger partial charge in [0.2, 0.25) is 5.88 Å². The average molecular weight is 491 g/mol. The molecule has 0 aliphatic heterocycles. The number of fused-ring (bicyclic) bond motifs is 1. The van der Waals surface area contributed by atoms with Gasteiger partial charge >= 0.3 is 6.03 Å². The maximum Gasteiger partial charge on any atom is 0.324 e. The van der Waals surface area contributed by atoms with E-state index in [2.05, 4.69) is 46.5 Å². The van der Waals surface area contributed by atoms with E-state index in [0.717, 1.165) is 5.69 Å². The first-order chi connectivity index (χ1) is 17.2.